The molecule has 0 amide bonds. The Morgan fingerprint density at radius 1 is 1.31 bits per heavy atom. The van der Waals surface area contributed by atoms with Crippen molar-refractivity contribution in [1.82, 2.24) is 0 Å². The lowest BCUT2D eigenvalue weighted by molar-refractivity contribution is 0.443. The molecule has 0 radical (unpaired) electrons. The van der Waals surface area contributed by atoms with Crippen LogP contribution in [0.1, 0.15) is 51.0 Å². The summed E-state index contributed by atoms with van der Waals surface area (Å²) < 4.78 is 0. The molecule has 1 aromatic heterocycles. The predicted molar refractivity (Wildman–Crippen MR) is 58.8 cm³/mol. The molecule has 0 aliphatic carbocycles. The Bertz CT molecular complexity index is 292. The van der Waals surface area contributed by atoms with Gasteiger partial charge in [0.05, 0.1) is 0 Å². The molecule has 1 nitrogen and oxygen atoms in total. The molecular formula is C11H18OS. The third-order valence-electron chi connectivity index (χ3n) is 2.12. The van der Waals surface area contributed by atoms with Gasteiger partial charge in [0, 0.05) is 10.4 Å². The third kappa shape index (κ3) is 2.05. The van der Waals surface area contributed by atoms with Crippen LogP contribution in [0.2, 0.25) is 0 Å². The van der Waals surface area contributed by atoms with Gasteiger partial charge in [0.1, 0.15) is 5.75 Å². The maximum absolute atomic E-state index is 9.95. The SMILES string of the molecule is CC(C)c1scc(C(C)(C)C)c1O. The van der Waals surface area contributed by atoms with E-state index in [0.29, 0.717) is 11.7 Å². The molecule has 0 aromatic carbocycles. The molecule has 1 aromatic rings. The summed E-state index contributed by atoms with van der Waals surface area (Å²) in [5.74, 6) is 0.925. The molecule has 1 heterocycles. The molecular weight excluding hydrogens is 180 g/mol. The summed E-state index contributed by atoms with van der Waals surface area (Å²) in [5, 5.41) is 12.0. The van der Waals surface area contributed by atoms with Crippen LogP contribution in [0.4, 0.5) is 0 Å². The van der Waals surface area contributed by atoms with E-state index in [9.17, 15) is 5.11 Å². The Morgan fingerprint density at radius 2 is 1.85 bits per heavy atom. The summed E-state index contributed by atoms with van der Waals surface area (Å²) in [6.07, 6.45) is 0. The molecule has 1 N–H and O–H groups in total. The average Bonchev–Trinajstić information content (AvgIpc) is 2.28. The van der Waals surface area contributed by atoms with Crippen molar-refractivity contribution in [2.24, 2.45) is 0 Å². The van der Waals surface area contributed by atoms with Gasteiger partial charge in [0.2, 0.25) is 0 Å². The van der Waals surface area contributed by atoms with E-state index in [1.54, 1.807) is 11.3 Å². The standard InChI is InChI=1S/C11H18OS/c1-7(2)10-9(12)8(6-13-10)11(3,4)5/h6-7,12H,1-5H3. The van der Waals surface area contributed by atoms with Crippen LogP contribution in [-0.4, -0.2) is 5.11 Å². The highest BCUT2D eigenvalue weighted by atomic mass is 32.1. The Morgan fingerprint density at radius 3 is 2.08 bits per heavy atom. The van der Waals surface area contributed by atoms with Gasteiger partial charge in [-0.05, 0) is 16.7 Å². The van der Waals surface area contributed by atoms with E-state index in [1.807, 2.05) is 0 Å². The Kier molecular flexibility index (Phi) is 2.71. The fourth-order valence-corrected chi connectivity index (χ4v) is 2.51. The Balaban J connectivity index is 3.14. The summed E-state index contributed by atoms with van der Waals surface area (Å²) in [5.41, 5.74) is 1.12. The van der Waals surface area contributed by atoms with Gasteiger partial charge in [0.25, 0.3) is 0 Å². The van der Waals surface area contributed by atoms with E-state index in [1.165, 1.54) is 0 Å². The largest absolute Gasteiger partial charge is 0.506 e. The molecule has 2 heteroatoms. The maximum Gasteiger partial charge on any atom is 0.133 e. The average molecular weight is 198 g/mol. The summed E-state index contributed by atoms with van der Waals surface area (Å²) in [4.78, 5) is 1.10. The minimum absolute atomic E-state index is 0.0493. The van der Waals surface area contributed by atoms with Crippen LogP contribution in [0.5, 0.6) is 5.75 Å². The molecule has 0 unspecified atom stereocenters. The Labute approximate surface area is 84.4 Å². The number of hydrogen-bond donors (Lipinski definition) is 1. The minimum atomic E-state index is 0.0493. The first-order chi connectivity index (χ1) is 5.84. The Hall–Kier alpha value is -0.500. The fourth-order valence-electron chi connectivity index (χ4n) is 1.31. The first-order valence-corrected chi connectivity index (χ1v) is 5.53. The molecule has 0 saturated carbocycles. The second kappa shape index (κ2) is 3.33. The van der Waals surface area contributed by atoms with Gasteiger partial charge in [-0.15, -0.1) is 11.3 Å². The number of aromatic hydroxyl groups is 1. The number of hydrogen-bond acceptors (Lipinski definition) is 2. The van der Waals surface area contributed by atoms with Crippen molar-refractivity contribution < 1.29 is 5.11 Å². The van der Waals surface area contributed by atoms with Gasteiger partial charge < -0.3 is 5.11 Å². The maximum atomic E-state index is 9.95. The number of rotatable bonds is 1. The molecule has 0 atom stereocenters. The van der Waals surface area contributed by atoms with Crippen LogP contribution in [0.3, 0.4) is 0 Å². The zero-order chi connectivity index (χ0) is 10.2. The van der Waals surface area contributed by atoms with Crippen LogP contribution < -0.4 is 0 Å². The first-order valence-electron chi connectivity index (χ1n) is 4.65. The molecule has 0 aliphatic rings. The van der Waals surface area contributed by atoms with Crippen molar-refractivity contribution in [3.8, 4) is 5.75 Å². The monoisotopic (exact) mass is 198 g/mol. The molecule has 0 aliphatic heterocycles. The fraction of sp³-hybridized carbons (Fsp3) is 0.636. The van der Waals surface area contributed by atoms with Crippen molar-refractivity contribution in [3.05, 3.63) is 15.8 Å². The van der Waals surface area contributed by atoms with E-state index < -0.39 is 0 Å². The lowest BCUT2D eigenvalue weighted by Crippen LogP contribution is -2.09. The smallest absolute Gasteiger partial charge is 0.133 e. The first kappa shape index (κ1) is 10.6. The van der Waals surface area contributed by atoms with Gasteiger partial charge in [0.15, 0.2) is 0 Å². The van der Waals surface area contributed by atoms with E-state index in [4.69, 9.17) is 0 Å². The van der Waals surface area contributed by atoms with Gasteiger partial charge in [-0.2, -0.15) is 0 Å². The highest BCUT2D eigenvalue weighted by molar-refractivity contribution is 7.10. The third-order valence-corrected chi connectivity index (χ3v) is 3.40. The predicted octanol–water partition coefficient (Wildman–Crippen LogP) is 3.87. The van der Waals surface area contributed by atoms with Crippen LogP contribution in [0, 0.1) is 0 Å². The normalized spacial score (nSPS) is 12.5. The summed E-state index contributed by atoms with van der Waals surface area (Å²) in [7, 11) is 0. The van der Waals surface area contributed by atoms with Gasteiger partial charge in [-0.3, -0.25) is 0 Å². The highest BCUT2D eigenvalue weighted by Gasteiger charge is 2.22. The molecule has 0 spiro atoms. The van der Waals surface area contributed by atoms with Gasteiger partial charge in [-0.25, -0.2) is 0 Å². The lowest BCUT2D eigenvalue weighted by Gasteiger charge is -2.17. The van der Waals surface area contributed by atoms with Crippen molar-refractivity contribution in [1.29, 1.82) is 0 Å². The zero-order valence-corrected chi connectivity index (χ0v) is 9.83. The van der Waals surface area contributed by atoms with E-state index in [0.717, 1.165) is 10.4 Å². The van der Waals surface area contributed by atoms with Crippen molar-refractivity contribution in [2.75, 3.05) is 0 Å². The molecule has 0 saturated heterocycles. The molecule has 13 heavy (non-hydrogen) atoms. The van der Waals surface area contributed by atoms with Crippen molar-refractivity contribution >= 4 is 11.3 Å². The van der Waals surface area contributed by atoms with Crippen molar-refractivity contribution in [3.63, 3.8) is 0 Å². The van der Waals surface area contributed by atoms with E-state index >= 15 is 0 Å². The minimum Gasteiger partial charge on any atom is -0.506 e. The second-order valence-corrected chi connectivity index (χ2v) is 5.68. The molecule has 0 fully saturated rings. The van der Waals surface area contributed by atoms with Gasteiger partial charge in [-0.1, -0.05) is 34.6 Å². The topological polar surface area (TPSA) is 20.2 Å². The molecule has 0 bridgehead atoms. The summed E-state index contributed by atoms with van der Waals surface area (Å²) >= 11 is 1.66. The number of thiophene rings is 1. The van der Waals surface area contributed by atoms with E-state index in [-0.39, 0.29) is 5.41 Å². The van der Waals surface area contributed by atoms with E-state index in [2.05, 4.69) is 40.0 Å². The van der Waals surface area contributed by atoms with Crippen LogP contribution in [0.15, 0.2) is 5.38 Å². The lowest BCUT2D eigenvalue weighted by atomic mass is 9.88. The molecule has 74 valence electrons. The second-order valence-electron chi connectivity index (χ2n) is 4.77. The molecule has 1 rings (SSSR count). The van der Waals surface area contributed by atoms with Gasteiger partial charge >= 0.3 is 0 Å². The highest BCUT2D eigenvalue weighted by Crippen LogP contribution is 2.40. The van der Waals surface area contributed by atoms with Crippen molar-refractivity contribution in [2.45, 2.75) is 46.0 Å². The summed E-state index contributed by atoms with van der Waals surface area (Å²) in [6, 6.07) is 0. The summed E-state index contributed by atoms with van der Waals surface area (Å²) in [6.45, 7) is 10.6. The van der Waals surface area contributed by atoms with Crippen LogP contribution in [-0.2, 0) is 5.41 Å². The van der Waals surface area contributed by atoms with Crippen LogP contribution in [0.25, 0.3) is 0 Å². The zero-order valence-electron chi connectivity index (χ0n) is 9.01. The quantitative estimate of drug-likeness (QED) is 0.726. The van der Waals surface area contributed by atoms with Crippen LogP contribution >= 0.6 is 11.3 Å².